The van der Waals surface area contributed by atoms with E-state index in [1.54, 1.807) is 0 Å². The SMILES string of the molecule is CNC(C)c1cc(Br)ccc1OC1CCCC1O. The number of aliphatic hydroxyl groups excluding tert-OH is 1. The molecule has 0 aromatic heterocycles. The fourth-order valence-corrected chi connectivity index (χ4v) is 2.71. The second-order valence-corrected chi connectivity index (χ2v) is 5.76. The number of benzene rings is 1. The molecule has 100 valence electrons. The monoisotopic (exact) mass is 313 g/mol. The molecule has 0 amide bonds. The number of nitrogens with one attached hydrogen (secondary N) is 1. The average molecular weight is 314 g/mol. The molecule has 1 fully saturated rings. The molecule has 0 heterocycles. The minimum Gasteiger partial charge on any atom is -0.487 e. The maximum absolute atomic E-state index is 9.84. The summed E-state index contributed by atoms with van der Waals surface area (Å²) in [5.74, 6) is 0.867. The van der Waals surface area contributed by atoms with Crippen molar-refractivity contribution in [1.82, 2.24) is 5.32 Å². The minimum absolute atomic E-state index is 0.0611. The molecule has 0 radical (unpaired) electrons. The normalized spacial score (nSPS) is 25.1. The van der Waals surface area contributed by atoms with E-state index in [2.05, 4.69) is 34.2 Å². The topological polar surface area (TPSA) is 41.5 Å². The Labute approximate surface area is 117 Å². The lowest BCUT2D eigenvalue weighted by molar-refractivity contribution is 0.0595. The lowest BCUT2D eigenvalue weighted by Gasteiger charge is -2.22. The van der Waals surface area contributed by atoms with Crippen molar-refractivity contribution < 1.29 is 9.84 Å². The number of hydrogen-bond acceptors (Lipinski definition) is 3. The molecule has 0 bridgehead atoms. The fourth-order valence-electron chi connectivity index (χ4n) is 2.33. The second kappa shape index (κ2) is 6.04. The molecular formula is C14H20BrNO2. The van der Waals surface area contributed by atoms with Gasteiger partial charge >= 0.3 is 0 Å². The van der Waals surface area contributed by atoms with Crippen molar-refractivity contribution in [1.29, 1.82) is 0 Å². The highest BCUT2D eigenvalue weighted by atomic mass is 79.9. The van der Waals surface area contributed by atoms with Gasteiger partial charge in [0.25, 0.3) is 0 Å². The molecule has 2 rings (SSSR count). The largest absolute Gasteiger partial charge is 0.487 e. The third-order valence-corrected chi connectivity index (χ3v) is 4.06. The first kappa shape index (κ1) is 13.8. The third-order valence-electron chi connectivity index (χ3n) is 3.57. The van der Waals surface area contributed by atoms with Crippen molar-refractivity contribution >= 4 is 15.9 Å². The zero-order valence-electron chi connectivity index (χ0n) is 10.8. The van der Waals surface area contributed by atoms with E-state index in [0.29, 0.717) is 0 Å². The van der Waals surface area contributed by atoms with Crippen molar-refractivity contribution in [2.75, 3.05) is 7.05 Å². The Kier molecular flexibility index (Phi) is 4.65. The van der Waals surface area contributed by atoms with Crippen LogP contribution in [0.4, 0.5) is 0 Å². The van der Waals surface area contributed by atoms with E-state index in [-0.39, 0.29) is 18.2 Å². The van der Waals surface area contributed by atoms with Crippen LogP contribution < -0.4 is 10.1 Å². The quantitative estimate of drug-likeness (QED) is 0.897. The maximum Gasteiger partial charge on any atom is 0.124 e. The Bertz CT molecular complexity index is 411. The lowest BCUT2D eigenvalue weighted by atomic mass is 10.1. The molecule has 4 heteroatoms. The highest BCUT2D eigenvalue weighted by Crippen LogP contribution is 2.32. The van der Waals surface area contributed by atoms with Gasteiger partial charge in [0.1, 0.15) is 11.9 Å². The zero-order chi connectivity index (χ0) is 13.1. The van der Waals surface area contributed by atoms with Crippen LogP contribution in [0.1, 0.15) is 37.8 Å². The smallest absolute Gasteiger partial charge is 0.124 e. The van der Waals surface area contributed by atoms with Gasteiger partial charge in [-0.1, -0.05) is 15.9 Å². The highest BCUT2D eigenvalue weighted by Gasteiger charge is 2.27. The lowest BCUT2D eigenvalue weighted by Crippen LogP contribution is -2.26. The average Bonchev–Trinajstić information content (AvgIpc) is 2.76. The molecule has 0 aliphatic heterocycles. The molecule has 18 heavy (non-hydrogen) atoms. The number of hydrogen-bond donors (Lipinski definition) is 2. The molecule has 3 nitrogen and oxygen atoms in total. The highest BCUT2D eigenvalue weighted by molar-refractivity contribution is 9.10. The second-order valence-electron chi connectivity index (χ2n) is 4.85. The van der Waals surface area contributed by atoms with E-state index < -0.39 is 0 Å². The molecule has 3 unspecified atom stereocenters. The zero-order valence-corrected chi connectivity index (χ0v) is 12.4. The predicted octanol–water partition coefficient (Wildman–Crippen LogP) is 3.02. The molecular weight excluding hydrogens is 294 g/mol. The summed E-state index contributed by atoms with van der Waals surface area (Å²) in [4.78, 5) is 0. The summed E-state index contributed by atoms with van der Waals surface area (Å²) in [5, 5.41) is 13.1. The molecule has 3 atom stereocenters. The summed E-state index contributed by atoms with van der Waals surface area (Å²) in [5.41, 5.74) is 1.12. The van der Waals surface area contributed by atoms with Crippen molar-refractivity contribution in [2.45, 2.75) is 44.4 Å². The van der Waals surface area contributed by atoms with Gasteiger partial charge in [0, 0.05) is 16.1 Å². The van der Waals surface area contributed by atoms with Crippen molar-refractivity contribution in [3.05, 3.63) is 28.2 Å². The van der Waals surface area contributed by atoms with Gasteiger partial charge in [0.05, 0.1) is 6.10 Å². The fraction of sp³-hybridized carbons (Fsp3) is 0.571. The van der Waals surface area contributed by atoms with Gasteiger partial charge in [-0.05, 0) is 51.4 Å². The van der Waals surface area contributed by atoms with Gasteiger partial charge in [-0.25, -0.2) is 0 Å². The molecule has 1 aliphatic rings. The van der Waals surface area contributed by atoms with Gasteiger partial charge in [-0.15, -0.1) is 0 Å². The van der Waals surface area contributed by atoms with Gasteiger partial charge in [-0.2, -0.15) is 0 Å². The summed E-state index contributed by atoms with van der Waals surface area (Å²) in [6.07, 6.45) is 2.43. The van der Waals surface area contributed by atoms with Gasteiger partial charge < -0.3 is 15.2 Å². The van der Waals surface area contributed by atoms with Gasteiger partial charge in [0.2, 0.25) is 0 Å². The molecule has 0 saturated heterocycles. The van der Waals surface area contributed by atoms with Crippen LogP contribution in [0.25, 0.3) is 0 Å². The van der Waals surface area contributed by atoms with Crippen LogP contribution in [0.3, 0.4) is 0 Å². The first-order valence-corrected chi connectivity index (χ1v) is 7.22. The number of halogens is 1. The van der Waals surface area contributed by atoms with Crippen LogP contribution in [0.2, 0.25) is 0 Å². The van der Waals surface area contributed by atoms with E-state index in [1.807, 2.05) is 19.2 Å². The number of ether oxygens (including phenoxy) is 1. The van der Waals surface area contributed by atoms with Crippen molar-refractivity contribution in [2.24, 2.45) is 0 Å². The van der Waals surface area contributed by atoms with Crippen LogP contribution in [-0.2, 0) is 0 Å². The molecule has 0 spiro atoms. The van der Waals surface area contributed by atoms with Crippen LogP contribution in [0.5, 0.6) is 5.75 Å². The Morgan fingerprint density at radius 3 is 2.83 bits per heavy atom. The van der Waals surface area contributed by atoms with E-state index in [0.717, 1.165) is 35.0 Å². The Morgan fingerprint density at radius 2 is 2.22 bits per heavy atom. The maximum atomic E-state index is 9.84. The first-order valence-electron chi connectivity index (χ1n) is 6.43. The summed E-state index contributed by atoms with van der Waals surface area (Å²) in [6.45, 7) is 2.10. The summed E-state index contributed by atoms with van der Waals surface area (Å²) < 4.78 is 7.03. The van der Waals surface area contributed by atoms with E-state index in [1.165, 1.54) is 0 Å². The molecule has 1 aromatic carbocycles. The van der Waals surface area contributed by atoms with Gasteiger partial charge in [-0.3, -0.25) is 0 Å². The van der Waals surface area contributed by atoms with Crippen molar-refractivity contribution in [3.8, 4) is 5.75 Å². The van der Waals surface area contributed by atoms with Crippen LogP contribution in [0.15, 0.2) is 22.7 Å². The predicted molar refractivity (Wildman–Crippen MR) is 75.9 cm³/mol. The minimum atomic E-state index is -0.327. The Hall–Kier alpha value is -0.580. The summed E-state index contributed by atoms with van der Waals surface area (Å²) in [6, 6.07) is 6.23. The molecule has 1 aromatic rings. The standard InChI is InChI=1S/C14H20BrNO2/c1-9(16-2)11-8-10(15)6-7-13(11)18-14-5-3-4-12(14)17/h6-9,12,14,16-17H,3-5H2,1-2H3. The molecule has 1 aliphatic carbocycles. The third kappa shape index (κ3) is 3.05. The van der Waals surface area contributed by atoms with E-state index >= 15 is 0 Å². The van der Waals surface area contributed by atoms with Gasteiger partial charge in [0.15, 0.2) is 0 Å². The molecule has 2 N–H and O–H groups in total. The van der Waals surface area contributed by atoms with E-state index in [9.17, 15) is 5.11 Å². The summed E-state index contributed by atoms with van der Waals surface area (Å²) >= 11 is 3.49. The summed E-state index contributed by atoms with van der Waals surface area (Å²) in [7, 11) is 1.93. The van der Waals surface area contributed by atoms with Crippen LogP contribution in [0, 0.1) is 0 Å². The number of aliphatic hydroxyl groups is 1. The first-order chi connectivity index (χ1) is 8.61. The Morgan fingerprint density at radius 1 is 1.44 bits per heavy atom. The van der Waals surface area contributed by atoms with E-state index in [4.69, 9.17) is 4.74 Å². The van der Waals surface area contributed by atoms with Crippen LogP contribution >= 0.6 is 15.9 Å². The molecule has 1 saturated carbocycles. The Balaban J connectivity index is 2.20. The van der Waals surface area contributed by atoms with Crippen LogP contribution in [-0.4, -0.2) is 24.4 Å². The van der Waals surface area contributed by atoms with Crippen molar-refractivity contribution in [3.63, 3.8) is 0 Å². The number of rotatable bonds is 4.